The lowest BCUT2D eigenvalue weighted by Crippen LogP contribution is -2.44. The molecule has 1 N–H and O–H groups in total. The molecule has 0 aromatic heterocycles. The van der Waals surface area contributed by atoms with E-state index in [-0.39, 0.29) is 12.1 Å². The number of benzene rings is 1. The minimum absolute atomic E-state index is 0.0196. The van der Waals surface area contributed by atoms with Crippen molar-refractivity contribution in [2.45, 2.75) is 58.6 Å². The van der Waals surface area contributed by atoms with Gasteiger partial charge in [0, 0.05) is 30.4 Å². The number of hydrogen-bond acceptors (Lipinski definition) is 4. The van der Waals surface area contributed by atoms with Crippen LogP contribution in [0.1, 0.15) is 45.2 Å². The molecule has 0 saturated heterocycles. The van der Waals surface area contributed by atoms with Crippen molar-refractivity contribution < 1.29 is 14.3 Å². The van der Waals surface area contributed by atoms with Gasteiger partial charge < -0.3 is 19.7 Å². The van der Waals surface area contributed by atoms with E-state index in [1.54, 1.807) is 0 Å². The molecule has 0 fully saturated rings. The highest BCUT2D eigenvalue weighted by atomic mass is 16.6. The summed E-state index contributed by atoms with van der Waals surface area (Å²) in [7, 11) is 0. The van der Waals surface area contributed by atoms with Crippen LogP contribution in [0, 0.1) is 0 Å². The summed E-state index contributed by atoms with van der Waals surface area (Å²) in [5.74, 6) is 1.03. The summed E-state index contributed by atoms with van der Waals surface area (Å²) in [5, 5.41) is 2.94. The molecule has 1 atom stereocenters. The Morgan fingerprint density at radius 2 is 2.17 bits per heavy atom. The van der Waals surface area contributed by atoms with Gasteiger partial charge in [-0.2, -0.15) is 0 Å². The Kier molecular flexibility index (Phi) is 4.61. The van der Waals surface area contributed by atoms with E-state index in [1.807, 2.05) is 27.7 Å². The van der Waals surface area contributed by atoms with Crippen LogP contribution in [0.3, 0.4) is 0 Å². The molecular formula is C19H28N2O3. The smallest absolute Gasteiger partial charge is 0.407 e. The summed E-state index contributed by atoms with van der Waals surface area (Å²) in [4.78, 5) is 14.3. The molecule has 2 heterocycles. The van der Waals surface area contributed by atoms with E-state index in [2.05, 4.69) is 22.3 Å². The summed E-state index contributed by atoms with van der Waals surface area (Å²) in [6, 6.07) is 4.32. The summed E-state index contributed by atoms with van der Waals surface area (Å²) in [6.45, 7) is 10.2. The highest BCUT2D eigenvalue weighted by Crippen LogP contribution is 2.39. The number of nitrogens with zero attached hydrogens (tertiary/aromatic N) is 1. The minimum atomic E-state index is -0.472. The van der Waals surface area contributed by atoms with Crippen molar-refractivity contribution in [3.63, 3.8) is 0 Å². The fourth-order valence-corrected chi connectivity index (χ4v) is 3.50. The maximum Gasteiger partial charge on any atom is 0.407 e. The Morgan fingerprint density at radius 1 is 1.38 bits per heavy atom. The molecule has 0 spiro atoms. The number of rotatable bonds is 3. The van der Waals surface area contributed by atoms with Gasteiger partial charge in [-0.25, -0.2) is 4.79 Å². The van der Waals surface area contributed by atoms with E-state index < -0.39 is 5.60 Å². The van der Waals surface area contributed by atoms with Gasteiger partial charge in [0.1, 0.15) is 11.4 Å². The first kappa shape index (κ1) is 16.9. The Balaban J connectivity index is 1.67. The summed E-state index contributed by atoms with van der Waals surface area (Å²) in [5.41, 5.74) is 3.58. The number of alkyl carbamates (subject to hydrolysis) is 1. The van der Waals surface area contributed by atoms with Crippen LogP contribution in [0.15, 0.2) is 12.1 Å². The fraction of sp³-hybridized carbons (Fsp3) is 0.632. The number of carbonyl (C=O) groups excluding carboxylic acids is 1. The Labute approximate surface area is 144 Å². The zero-order valence-electron chi connectivity index (χ0n) is 15.1. The number of ether oxygens (including phenoxy) is 2. The van der Waals surface area contributed by atoms with Crippen molar-refractivity contribution in [2.24, 2.45) is 0 Å². The molecule has 5 heteroatoms. The first-order valence-electron chi connectivity index (χ1n) is 8.85. The normalized spacial score (nSPS) is 17.6. The molecule has 0 bridgehead atoms. The van der Waals surface area contributed by atoms with Crippen molar-refractivity contribution in [1.82, 2.24) is 5.32 Å². The molecule has 0 aliphatic carbocycles. The van der Waals surface area contributed by atoms with E-state index in [1.165, 1.54) is 16.8 Å². The molecule has 132 valence electrons. The largest absolute Gasteiger partial charge is 0.493 e. The molecule has 1 aromatic rings. The van der Waals surface area contributed by atoms with Gasteiger partial charge in [0.05, 0.1) is 6.61 Å². The minimum Gasteiger partial charge on any atom is -0.493 e. The topological polar surface area (TPSA) is 50.8 Å². The lowest BCUT2D eigenvalue weighted by Gasteiger charge is -2.29. The maximum atomic E-state index is 11.9. The van der Waals surface area contributed by atoms with Gasteiger partial charge >= 0.3 is 6.09 Å². The molecule has 0 saturated carbocycles. The molecule has 2 aliphatic heterocycles. The molecule has 1 amide bonds. The molecule has 0 unspecified atom stereocenters. The lowest BCUT2D eigenvalue weighted by atomic mass is 10.00. The van der Waals surface area contributed by atoms with Gasteiger partial charge in [0.15, 0.2) is 0 Å². The van der Waals surface area contributed by atoms with Crippen molar-refractivity contribution in [2.75, 3.05) is 24.6 Å². The van der Waals surface area contributed by atoms with E-state index >= 15 is 0 Å². The number of fused-ring (bicyclic) bond motifs is 3. The van der Waals surface area contributed by atoms with E-state index in [0.717, 1.165) is 44.7 Å². The second-order valence-electron chi connectivity index (χ2n) is 7.75. The summed E-state index contributed by atoms with van der Waals surface area (Å²) in [6.07, 6.45) is 2.85. The van der Waals surface area contributed by atoms with Crippen LogP contribution in [-0.2, 0) is 17.6 Å². The van der Waals surface area contributed by atoms with Gasteiger partial charge in [0.2, 0.25) is 0 Å². The van der Waals surface area contributed by atoms with Gasteiger partial charge in [-0.15, -0.1) is 0 Å². The average molecular weight is 332 g/mol. The van der Waals surface area contributed by atoms with Crippen LogP contribution in [0.2, 0.25) is 0 Å². The Bertz CT molecular complexity index is 622. The van der Waals surface area contributed by atoms with Crippen LogP contribution in [-0.4, -0.2) is 37.4 Å². The van der Waals surface area contributed by atoms with Crippen LogP contribution in [0.5, 0.6) is 5.75 Å². The Hall–Kier alpha value is -1.91. The Morgan fingerprint density at radius 3 is 2.92 bits per heavy atom. The van der Waals surface area contributed by atoms with Gasteiger partial charge in [-0.05, 0) is 58.6 Å². The second-order valence-corrected chi connectivity index (χ2v) is 7.75. The van der Waals surface area contributed by atoms with Crippen LogP contribution in [0.25, 0.3) is 0 Å². The van der Waals surface area contributed by atoms with Crippen LogP contribution < -0.4 is 15.0 Å². The molecule has 0 radical (unpaired) electrons. The summed E-state index contributed by atoms with van der Waals surface area (Å²) < 4.78 is 11.1. The first-order chi connectivity index (χ1) is 11.3. The SMILES string of the molecule is C[C@@H](CN1CCc2ccc3c(c21)CCCO3)NC(=O)OC(C)(C)C. The molecular weight excluding hydrogens is 304 g/mol. The molecule has 2 aliphatic rings. The zero-order chi connectivity index (χ0) is 17.3. The predicted molar refractivity (Wildman–Crippen MR) is 95.0 cm³/mol. The predicted octanol–water partition coefficient (Wildman–Crippen LogP) is 3.29. The zero-order valence-corrected chi connectivity index (χ0v) is 15.1. The molecule has 24 heavy (non-hydrogen) atoms. The monoisotopic (exact) mass is 332 g/mol. The van der Waals surface area contributed by atoms with Crippen molar-refractivity contribution in [3.05, 3.63) is 23.3 Å². The fourth-order valence-electron chi connectivity index (χ4n) is 3.50. The van der Waals surface area contributed by atoms with Gasteiger partial charge in [0.25, 0.3) is 0 Å². The van der Waals surface area contributed by atoms with E-state index in [4.69, 9.17) is 9.47 Å². The van der Waals surface area contributed by atoms with Crippen molar-refractivity contribution >= 4 is 11.8 Å². The van der Waals surface area contributed by atoms with Crippen molar-refractivity contribution in [3.8, 4) is 5.75 Å². The third kappa shape index (κ3) is 3.77. The van der Waals surface area contributed by atoms with Gasteiger partial charge in [-0.1, -0.05) is 6.07 Å². The molecule has 3 rings (SSSR count). The van der Waals surface area contributed by atoms with Gasteiger partial charge in [-0.3, -0.25) is 0 Å². The number of nitrogens with one attached hydrogen (secondary N) is 1. The lowest BCUT2D eigenvalue weighted by molar-refractivity contribution is 0.0510. The molecule has 1 aromatic carbocycles. The number of amides is 1. The third-order valence-electron chi connectivity index (χ3n) is 4.38. The van der Waals surface area contributed by atoms with E-state index in [0.29, 0.717) is 0 Å². The van der Waals surface area contributed by atoms with Crippen LogP contribution in [0.4, 0.5) is 10.5 Å². The number of anilines is 1. The van der Waals surface area contributed by atoms with E-state index in [9.17, 15) is 4.79 Å². The number of hydrogen-bond donors (Lipinski definition) is 1. The molecule has 5 nitrogen and oxygen atoms in total. The first-order valence-corrected chi connectivity index (χ1v) is 8.85. The number of carbonyl (C=O) groups is 1. The standard InChI is InChI=1S/C19H28N2O3/c1-13(20-18(22)24-19(2,3)4)12-21-10-9-14-7-8-16-15(17(14)21)6-5-11-23-16/h7-8,13H,5-6,9-12H2,1-4H3,(H,20,22)/t13-/m0/s1. The highest BCUT2D eigenvalue weighted by molar-refractivity contribution is 5.70. The second kappa shape index (κ2) is 6.54. The van der Waals surface area contributed by atoms with Crippen molar-refractivity contribution in [1.29, 1.82) is 0 Å². The third-order valence-corrected chi connectivity index (χ3v) is 4.38. The average Bonchev–Trinajstić information content (AvgIpc) is 2.88. The quantitative estimate of drug-likeness (QED) is 0.923. The summed E-state index contributed by atoms with van der Waals surface area (Å²) >= 11 is 0. The highest BCUT2D eigenvalue weighted by Gasteiger charge is 2.28. The maximum absolute atomic E-state index is 11.9. The van der Waals surface area contributed by atoms with Crippen LogP contribution >= 0.6 is 0 Å².